The van der Waals surface area contributed by atoms with Gasteiger partial charge in [-0.3, -0.25) is 20.2 Å². The Morgan fingerprint density at radius 2 is 1.21 bits per heavy atom. The summed E-state index contributed by atoms with van der Waals surface area (Å²) in [5, 5.41) is 44.0. The van der Waals surface area contributed by atoms with Crippen LogP contribution in [0.15, 0.2) is 77.4 Å². The number of aliphatic hydroxyl groups excluding tert-OH is 2. The van der Waals surface area contributed by atoms with Gasteiger partial charge in [0.1, 0.15) is 9.81 Å². The second-order valence-corrected chi connectivity index (χ2v) is 16.5. The lowest BCUT2D eigenvalue weighted by Crippen LogP contribution is -2.47. The number of alkyl halides is 6. The molecule has 0 radical (unpaired) electrons. The van der Waals surface area contributed by atoms with Crippen LogP contribution in [-0.4, -0.2) is 116 Å². The van der Waals surface area contributed by atoms with E-state index in [-0.39, 0.29) is 33.2 Å². The van der Waals surface area contributed by atoms with Crippen LogP contribution in [0.4, 0.5) is 26.3 Å². The number of hydrogen-bond donors (Lipinski definition) is 2. The van der Waals surface area contributed by atoms with Gasteiger partial charge in [0.2, 0.25) is 11.8 Å². The third kappa shape index (κ3) is 8.48. The molecule has 8 rings (SSSR count). The molecule has 0 amide bonds. The van der Waals surface area contributed by atoms with Crippen LogP contribution in [0, 0.1) is 20.2 Å². The van der Waals surface area contributed by atoms with Crippen molar-refractivity contribution in [1.82, 2.24) is 9.80 Å². The summed E-state index contributed by atoms with van der Waals surface area (Å²) in [5.74, 6) is -2.58. The zero-order valence-electron chi connectivity index (χ0n) is 30.7. The van der Waals surface area contributed by atoms with Gasteiger partial charge in [0.15, 0.2) is 21.9 Å². The Kier molecular flexibility index (Phi) is 11.2. The van der Waals surface area contributed by atoms with Crippen LogP contribution in [0.25, 0.3) is 0 Å². The number of nitrogens with zero attached hydrogens (tertiary/aromatic N) is 6. The van der Waals surface area contributed by atoms with Crippen molar-refractivity contribution < 1.29 is 65.3 Å². The van der Waals surface area contributed by atoms with E-state index in [1.165, 1.54) is 0 Å². The summed E-state index contributed by atoms with van der Waals surface area (Å²) in [5.41, 5.74) is -3.90. The normalized spacial score (nSPS) is 27.2. The number of thioether (sulfide) groups is 2. The Bertz CT molecular complexity index is 2030. The third-order valence-electron chi connectivity index (χ3n) is 10.4. The molecule has 2 atom stereocenters. The minimum absolute atomic E-state index is 0.00198. The van der Waals surface area contributed by atoms with Gasteiger partial charge < -0.3 is 39.0 Å². The smallest absolute Gasteiger partial charge is 0.413 e. The van der Waals surface area contributed by atoms with E-state index in [4.69, 9.17) is 18.9 Å². The Morgan fingerprint density at radius 1 is 0.741 bits per heavy atom. The fraction of sp³-hybridized carbons (Fsp3) is 0.588. The maximum Gasteiger partial charge on any atom is 0.413 e. The number of aliphatic imine (C=N–C) groups is 2. The number of hydrogen-bond acceptors (Lipinski definition) is 16. The van der Waals surface area contributed by atoms with Crippen molar-refractivity contribution in [3.05, 3.63) is 87.6 Å². The number of aliphatic hydroxyl groups is 2. The predicted molar refractivity (Wildman–Crippen MR) is 195 cm³/mol. The molecule has 4 fully saturated rings. The monoisotopic (exact) mass is 866 g/mol. The van der Waals surface area contributed by atoms with Crippen LogP contribution >= 0.6 is 23.5 Å². The number of likely N-dealkylation sites (tertiary alicyclic amines) is 2. The predicted octanol–water partition coefficient (Wildman–Crippen LogP) is 6.93. The molecule has 58 heavy (non-hydrogen) atoms. The van der Waals surface area contributed by atoms with Crippen molar-refractivity contribution in [2.24, 2.45) is 9.98 Å². The van der Waals surface area contributed by atoms with Gasteiger partial charge in [0.05, 0.1) is 47.3 Å². The molecule has 16 nitrogen and oxygen atoms in total. The van der Waals surface area contributed by atoms with Crippen LogP contribution in [-0.2, 0) is 18.9 Å². The van der Waals surface area contributed by atoms with Crippen molar-refractivity contribution in [3.8, 4) is 0 Å². The second-order valence-electron chi connectivity index (χ2n) is 14.5. The quantitative estimate of drug-likeness (QED) is 0.165. The zero-order valence-corrected chi connectivity index (χ0v) is 32.4. The molecule has 4 saturated heterocycles. The summed E-state index contributed by atoms with van der Waals surface area (Å²) in [7, 11) is 0. The van der Waals surface area contributed by atoms with Gasteiger partial charge in [-0.2, -0.15) is 36.3 Å². The average Bonchev–Trinajstić information content (AvgIpc) is 3.70. The van der Waals surface area contributed by atoms with Gasteiger partial charge >= 0.3 is 12.4 Å². The Morgan fingerprint density at radius 3 is 1.64 bits per heavy atom. The SMILES string of the molecule is C[C@H]1COC2(CCN(C3=NC(O)=C4C=C(C(F)(F)F)CC([N+](=O)[O-])=C4S3)CC2)O1.C[C@H]1COC2(CCN(C3=NC(O)=C4CC(C(F)(F)F)=CC([N+](=O)[O-])=C4S3)CC2)O1. The van der Waals surface area contributed by atoms with E-state index in [0.29, 0.717) is 81.5 Å². The first-order chi connectivity index (χ1) is 27.2. The van der Waals surface area contributed by atoms with Gasteiger partial charge in [-0.15, -0.1) is 0 Å². The summed E-state index contributed by atoms with van der Waals surface area (Å²) in [6.45, 7) is 6.77. The van der Waals surface area contributed by atoms with Gasteiger partial charge in [-0.1, -0.05) is 0 Å². The molecule has 316 valence electrons. The Labute approximate surface area is 334 Å². The molecule has 24 heteroatoms. The fourth-order valence-corrected chi connectivity index (χ4v) is 9.75. The largest absolute Gasteiger partial charge is 0.493 e. The van der Waals surface area contributed by atoms with Gasteiger partial charge in [0, 0.05) is 81.1 Å². The van der Waals surface area contributed by atoms with Crippen molar-refractivity contribution >= 4 is 33.9 Å². The summed E-state index contributed by atoms with van der Waals surface area (Å²) in [6.07, 6.45) is -7.50. The highest BCUT2D eigenvalue weighted by atomic mass is 32.2. The van der Waals surface area contributed by atoms with Gasteiger partial charge in [0.25, 0.3) is 11.4 Å². The lowest BCUT2D eigenvalue weighted by atomic mass is 9.97. The lowest BCUT2D eigenvalue weighted by Gasteiger charge is -2.39. The van der Waals surface area contributed by atoms with Crippen molar-refractivity contribution in [3.63, 3.8) is 0 Å². The highest BCUT2D eigenvalue weighted by Crippen LogP contribution is 2.48. The number of fused-ring (bicyclic) bond motifs is 2. The van der Waals surface area contributed by atoms with E-state index < -0.39 is 80.9 Å². The number of ether oxygens (including phenoxy) is 4. The summed E-state index contributed by atoms with van der Waals surface area (Å²) < 4.78 is 102. The second kappa shape index (κ2) is 15.5. The molecule has 0 saturated carbocycles. The minimum Gasteiger partial charge on any atom is -0.493 e. The maximum atomic E-state index is 13.1. The van der Waals surface area contributed by atoms with E-state index in [1.54, 1.807) is 0 Å². The molecule has 0 aromatic carbocycles. The summed E-state index contributed by atoms with van der Waals surface area (Å²) >= 11 is 1.82. The molecule has 0 aromatic rings. The number of allylic oxidation sites excluding steroid dienone is 6. The highest BCUT2D eigenvalue weighted by molar-refractivity contribution is 8.17. The first-order valence-corrected chi connectivity index (χ1v) is 19.6. The molecule has 8 aliphatic rings. The first kappa shape index (κ1) is 42.0. The molecule has 6 heterocycles. The fourth-order valence-electron chi connectivity index (χ4n) is 7.45. The highest BCUT2D eigenvalue weighted by Gasteiger charge is 2.48. The van der Waals surface area contributed by atoms with E-state index in [1.807, 2.05) is 23.6 Å². The molecule has 0 bridgehead atoms. The number of nitro groups is 2. The van der Waals surface area contributed by atoms with Gasteiger partial charge in [-0.25, -0.2) is 0 Å². The van der Waals surface area contributed by atoms with E-state index in [0.717, 1.165) is 29.6 Å². The summed E-state index contributed by atoms with van der Waals surface area (Å²) in [4.78, 5) is 32.8. The zero-order chi connectivity index (χ0) is 41.9. The van der Waals surface area contributed by atoms with Crippen LogP contribution in [0.3, 0.4) is 0 Å². The minimum atomic E-state index is -4.73. The number of rotatable bonds is 2. The van der Waals surface area contributed by atoms with E-state index >= 15 is 0 Å². The molecular formula is C34H36F6N6O10S2. The Balaban J connectivity index is 0.000000177. The van der Waals surface area contributed by atoms with Gasteiger partial charge in [-0.05, 0) is 43.4 Å². The molecule has 0 aromatic heterocycles. The van der Waals surface area contributed by atoms with E-state index in [9.17, 15) is 56.8 Å². The van der Waals surface area contributed by atoms with Crippen LogP contribution in [0.2, 0.25) is 0 Å². The van der Waals surface area contributed by atoms with Crippen molar-refractivity contribution in [2.45, 2.75) is 88.5 Å². The molecule has 6 aliphatic heterocycles. The number of piperidine rings is 2. The molecule has 2 N–H and O–H groups in total. The van der Waals surface area contributed by atoms with Crippen molar-refractivity contribution in [2.75, 3.05) is 39.4 Å². The van der Waals surface area contributed by atoms with E-state index in [2.05, 4.69) is 9.98 Å². The molecule has 2 aliphatic carbocycles. The topological polar surface area (TPSA) is 195 Å². The van der Waals surface area contributed by atoms with Crippen LogP contribution < -0.4 is 0 Å². The van der Waals surface area contributed by atoms with Crippen LogP contribution in [0.5, 0.6) is 0 Å². The molecule has 2 spiro atoms. The standard InChI is InChI=1S/2C17H18F3N3O5S/c2*1-9-8-27-16(28-9)2-4-22(5-3-16)15-21-14(24)11-6-10(17(18,19)20)7-12(23(25)26)13(11)29-15/h7,9,24H,2-6,8H2,1H3;6,9,24H,2-5,7-8H2,1H3/t2*9-/m00/s1. The molecular weight excluding hydrogens is 831 g/mol. The van der Waals surface area contributed by atoms with Crippen molar-refractivity contribution in [1.29, 1.82) is 0 Å². The summed E-state index contributed by atoms with van der Waals surface area (Å²) in [6, 6.07) is 0. The van der Waals surface area contributed by atoms with Crippen LogP contribution in [0.1, 0.15) is 52.4 Å². The average molecular weight is 867 g/mol. The number of amidine groups is 2. The maximum absolute atomic E-state index is 13.1. The lowest BCUT2D eigenvalue weighted by molar-refractivity contribution is -0.428. The molecule has 0 unspecified atom stereocenters. The number of halogens is 6. The Hall–Kier alpha value is -4.10. The first-order valence-electron chi connectivity index (χ1n) is 18.0. The third-order valence-corrected chi connectivity index (χ3v) is 12.8.